The molecular weight excluding hydrogens is 194 g/mol. The van der Waals surface area contributed by atoms with Crippen molar-refractivity contribution in [3.8, 4) is 12.3 Å². The molecule has 0 saturated heterocycles. The minimum Gasteiger partial charge on any atom is -0.324 e. The summed E-state index contributed by atoms with van der Waals surface area (Å²) in [6.45, 7) is 2.01. The van der Waals surface area contributed by atoms with Crippen LogP contribution in [0.2, 0.25) is 5.02 Å². The number of halogens is 1. The van der Waals surface area contributed by atoms with Gasteiger partial charge in [0.15, 0.2) is 0 Å². The van der Waals surface area contributed by atoms with Crippen LogP contribution in [0, 0.1) is 19.3 Å². The molecule has 0 heterocycles. The first-order valence-electron chi connectivity index (χ1n) is 4.60. The molecule has 1 nitrogen and oxygen atoms in total. The zero-order chi connectivity index (χ0) is 10.6. The third kappa shape index (κ3) is 2.77. The van der Waals surface area contributed by atoms with E-state index in [2.05, 4.69) is 5.92 Å². The zero-order valence-electron chi connectivity index (χ0n) is 8.26. The fourth-order valence-electron chi connectivity index (χ4n) is 1.45. The Balaban J connectivity index is 2.80. The first-order chi connectivity index (χ1) is 6.65. The molecular formula is C12H14ClN. The lowest BCUT2D eigenvalue weighted by molar-refractivity contribution is 0.664. The van der Waals surface area contributed by atoms with Crippen molar-refractivity contribution < 1.29 is 0 Å². The summed E-state index contributed by atoms with van der Waals surface area (Å²) < 4.78 is 0. The van der Waals surface area contributed by atoms with Gasteiger partial charge in [-0.05, 0) is 36.6 Å². The van der Waals surface area contributed by atoms with Crippen molar-refractivity contribution >= 4 is 11.6 Å². The first kappa shape index (κ1) is 11.1. The topological polar surface area (TPSA) is 26.0 Å². The third-order valence-corrected chi connectivity index (χ3v) is 2.47. The quantitative estimate of drug-likeness (QED) is 0.758. The summed E-state index contributed by atoms with van der Waals surface area (Å²) in [5.41, 5.74) is 8.25. The highest BCUT2D eigenvalue weighted by molar-refractivity contribution is 6.30. The second-order valence-corrected chi connectivity index (χ2v) is 3.79. The number of nitrogens with two attached hydrogens (primary N) is 1. The Labute approximate surface area is 90.3 Å². The number of hydrogen-bond acceptors (Lipinski definition) is 1. The summed E-state index contributed by atoms with van der Waals surface area (Å²) in [5, 5.41) is 0.746. The van der Waals surface area contributed by atoms with E-state index in [0.29, 0.717) is 6.42 Å². The van der Waals surface area contributed by atoms with Gasteiger partial charge in [0.1, 0.15) is 0 Å². The van der Waals surface area contributed by atoms with Gasteiger partial charge < -0.3 is 5.73 Å². The number of rotatable bonds is 3. The largest absolute Gasteiger partial charge is 0.324 e. The molecule has 0 bridgehead atoms. The van der Waals surface area contributed by atoms with Crippen LogP contribution < -0.4 is 5.73 Å². The number of benzene rings is 1. The minimum atomic E-state index is 0.0170. The SMILES string of the molecule is C#CCCC(N)c1ccc(Cl)cc1C. The van der Waals surface area contributed by atoms with E-state index in [1.807, 2.05) is 25.1 Å². The van der Waals surface area contributed by atoms with Crippen LogP contribution in [0.4, 0.5) is 0 Å². The summed E-state index contributed by atoms with van der Waals surface area (Å²) in [6.07, 6.45) is 6.72. The van der Waals surface area contributed by atoms with Crippen molar-refractivity contribution in [2.75, 3.05) is 0 Å². The van der Waals surface area contributed by atoms with Gasteiger partial charge in [0.05, 0.1) is 0 Å². The Kier molecular flexibility index (Phi) is 4.00. The van der Waals surface area contributed by atoms with E-state index in [1.54, 1.807) is 0 Å². The summed E-state index contributed by atoms with van der Waals surface area (Å²) in [4.78, 5) is 0. The molecule has 0 radical (unpaired) electrons. The fraction of sp³-hybridized carbons (Fsp3) is 0.333. The highest BCUT2D eigenvalue weighted by Crippen LogP contribution is 2.22. The van der Waals surface area contributed by atoms with Gasteiger partial charge >= 0.3 is 0 Å². The monoisotopic (exact) mass is 207 g/mol. The molecule has 0 amide bonds. The minimum absolute atomic E-state index is 0.0170. The van der Waals surface area contributed by atoms with Gasteiger partial charge in [-0.25, -0.2) is 0 Å². The highest BCUT2D eigenvalue weighted by Gasteiger charge is 2.07. The molecule has 1 aromatic rings. The number of terminal acetylenes is 1. The van der Waals surface area contributed by atoms with Gasteiger partial charge in [0.25, 0.3) is 0 Å². The molecule has 1 aromatic carbocycles. The predicted octanol–water partition coefficient (Wildman–Crippen LogP) is 3.06. The van der Waals surface area contributed by atoms with Gasteiger partial charge in [-0.3, -0.25) is 0 Å². The molecule has 0 aliphatic carbocycles. The lowest BCUT2D eigenvalue weighted by Gasteiger charge is -2.13. The number of aryl methyl sites for hydroxylation is 1. The molecule has 0 fully saturated rings. The molecule has 1 rings (SSSR count). The Morgan fingerprint density at radius 2 is 2.29 bits per heavy atom. The summed E-state index contributed by atoms with van der Waals surface area (Å²) in [6, 6.07) is 5.77. The molecule has 0 spiro atoms. The summed E-state index contributed by atoms with van der Waals surface area (Å²) >= 11 is 5.85. The van der Waals surface area contributed by atoms with E-state index in [0.717, 1.165) is 22.6 Å². The van der Waals surface area contributed by atoms with Crippen molar-refractivity contribution in [1.29, 1.82) is 0 Å². The van der Waals surface area contributed by atoms with Crippen LogP contribution in [-0.4, -0.2) is 0 Å². The predicted molar refractivity (Wildman–Crippen MR) is 61.2 cm³/mol. The van der Waals surface area contributed by atoms with E-state index in [9.17, 15) is 0 Å². The molecule has 0 aliphatic heterocycles. The van der Waals surface area contributed by atoms with E-state index < -0.39 is 0 Å². The Morgan fingerprint density at radius 1 is 1.57 bits per heavy atom. The second kappa shape index (κ2) is 5.05. The average Bonchev–Trinajstić information content (AvgIpc) is 2.14. The van der Waals surface area contributed by atoms with Gasteiger partial charge in [-0.2, -0.15) is 0 Å². The Hall–Kier alpha value is -0.970. The maximum atomic E-state index is 5.99. The van der Waals surface area contributed by atoms with Crippen LogP contribution in [-0.2, 0) is 0 Å². The molecule has 1 unspecified atom stereocenters. The van der Waals surface area contributed by atoms with Crippen molar-refractivity contribution in [2.45, 2.75) is 25.8 Å². The van der Waals surface area contributed by atoms with Gasteiger partial charge in [-0.1, -0.05) is 17.7 Å². The van der Waals surface area contributed by atoms with Crippen molar-refractivity contribution in [1.82, 2.24) is 0 Å². The highest BCUT2D eigenvalue weighted by atomic mass is 35.5. The van der Waals surface area contributed by atoms with E-state index >= 15 is 0 Å². The van der Waals surface area contributed by atoms with Gasteiger partial charge in [0.2, 0.25) is 0 Å². The van der Waals surface area contributed by atoms with Crippen molar-refractivity contribution in [2.24, 2.45) is 5.73 Å². The lowest BCUT2D eigenvalue weighted by atomic mass is 9.98. The normalized spacial score (nSPS) is 12.1. The maximum absolute atomic E-state index is 5.99. The number of hydrogen-bond donors (Lipinski definition) is 1. The Bertz CT molecular complexity index is 352. The summed E-state index contributed by atoms with van der Waals surface area (Å²) in [7, 11) is 0. The summed E-state index contributed by atoms with van der Waals surface area (Å²) in [5.74, 6) is 2.59. The maximum Gasteiger partial charge on any atom is 0.0408 e. The van der Waals surface area contributed by atoms with Crippen molar-refractivity contribution in [3.63, 3.8) is 0 Å². The third-order valence-electron chi connectivity index (χ3n) is 2.23. The molecule has 2 heteroatoms. The second-order valence-electron chi connectivity index (χ2n) is 3.35. The standard InChI is InChI=1S/C12H14ClN/c1-3-4-5-12(14)11-7-6-10(13)8-9(11)2/h1,6-8,12H,4-5,14H2,2H3. The smallest absolute Gasteiger partial charge is 0.0408 e. The van der Waals surface area contributed by atoms with Crippen LogP contribution in [0.5, 0.6) is 0 Å². The molecule has 0 aliphatic rings. The van der Waals surface area contributed by atoms with Gasteiger partial charge in [-0.15, -0.1) is 12.3 Å². The molecule has 1 atom stereocenters. The zero-order valence-corrected chi connectivity index (χ0v) is 9.01. The van der Waals surface area contributed by atoms with Crippen LogP contribution in [0.15, 0.2) is 18.2 Å². The van der Waals surface area contributed by atoms with Gasteiger partial charge in [0, 0.05) is 17.5 Å². The Morgan fingerprint density at radius 3 is 2.86 bits per heavy atom. The molecule has 2 N–H and O–H groups in total. The van der Waals surface area contributed by atoms with Crippen LogP contribution in [0.1, 0.15) is 30.0 Å². The van der Waals surface area contributed by atoms with Crippen molar-refractivity contribution in [3.05, 3.63) is 34.3 Å². The lowest BCUT2D eigenvalue weighted by Crippen LogP contribution is -2.11. The van der Waals surface area contributed by atoms with Crippen LogP contribution in [0.3, 0.4) is 0 Å². The molecule has 14 heavy (non-hydrogen) atoms. The van der Waals surface area contributed by atoms with E-state index in [-0.39, 0.29) is 6.04 Å². The molecule has 0 saturated carbocycles. The molecule has 0 aromatic heterocycles. The van der Waals surface area contributed by atoms with Crippen LogP contribution >= 0.6 is 11.6 Å². The van der Waals surface area contributed by atoms with E-state index in [1.165, 1.54) is 0 Å². The fourth-order valence-corrected chi connectivity index (χ4v) is 1.68. The molecule has 74 valence electrons. The first-order valence-corrected chi connectivity index (χ1v) is 4.98. The van der Waals surface area contributed by atoms with Crippen LogP contribution in [0.25, 0.3) is 0 Å². The van der Waals surface area contributed by atoms with E-state index in [4.69, 9.17) is 23.8 Å². The average molecular weight is 208 g/mol.